The molecule has 9 heteroatoms. The predicted molar refractivity (Wildman–Crippen MR) is 111 cm³/mol. The van der Waals surface area contributed by atoms with Gasteiger partial charge in [-0.05, 0) is 59.9 Å². The first-order chi connectivity index (χ1) is 15.0. The summed E-state index contributed by atoms with van der Waals surface area (Å²) in [5, 5.41) is 11.0. The van der Waals surface area contributed by atoms with Crippen molar-refractivity contribution >= 4 is 34.6 Å². The number of hydrogen-bond acceptors (Lipinski definition) is 3. The molecule has 0 spiro atoms. The van der Waals surface area contributed by atoms with Crippen LogP contribution in [0, 0.1) is 5.82 Å². The summed E-state index contributed by atoms with van der Waals surface area (Å²) >= 11 is 5.80. The molecular formula is C23H18ClF4NO3. The van der Waals surface area contributed by atoms with Crippen molar-refractivity contribution in [2.45, 2.75) is 37.5 Å². The molecule has 1 fully saturated rings. The van der Waals surface area contributed by atoms with Crippen molar-refractivity contribution < 1.29 is 32.3 Å². The number of allylic oxidation sites excluding steroid dienone is 2. The van der Waals surface area contributed by atoms with Gasteiger partial charge in [0.2, 0.25) is 5.60 Å². The van der Waals surface area contributed by atoms with Crippen molar-refractivity contribution in [3.05, 3.63) is 70.0 Å². The van der Waals surface area contributed by atoms with Gasteiger partial charge in [0.1, 0.15) is 5.82 Å². The van der Waals surface area contributed by atoms with E-state index in [-0.39, 0.29) is 48.5 Å². The van der Waals surface area contributed by atoms with Crippen LogP contribution in [0.2, 0.25) is 5.02 Å². The van der Waals surface area contributed by atoms with E-state index < -0.39 is 34.9 Å². The molecule has 2 aromatic rings. The lowest BCUT2D eigenvalue weighted by Gasteiger charge is -2.22. The number of hydrogen-bond donors (Lipinski definition) is 1. The van der Waals surface area contributed by atoms with E-state index in [4.69, 9.17) is 11.6 Å². The van der Waals surface area contributed by atoms with Crippen LogP contribution >= 0.6 is 11.6 Å². The maximum absolute atomic E-state index is 13.5. The predicted octanol–water partition coefficient (Wildman–Crippen LogP) is 4.65. The standard InChI is InChI=1S/C23H18ClF4NO3/c24-15-9-13(10-16(25)11-15)1-6-20(30)22(32)7-8-29(21(22)31)17-4-2-14-3-5-19(18(14)12-17)23(26,27)28/h2,4-5,9-12,32H,1,3,6-8H2/t22-/m1/s1. The fourth-order valence-corrected chi connectivity index (χ4v) is 4.43. The molecule has 32 heavy (non-hydrogen) atoms. The van der Waals surface area contributed by atoms with Gasteiger partial charge in [-0.25, -0.2) is 4.39 Å². The lowest BCUT2D eigenvalue weighted by atomic mass is 9.92. The van der Waals surface area contributed by atoms with Gasteiger partial charge in [0, 0.05) is 30.1 Å². The van der Waals surface area contributed by atoms with Gasteiger partial charge in [-0.2, -0.15) is 13.2 Å². The van der Waals surface area contributed by atoms with Crippen molar-refractivity contribution in [2.75, 3.05) is 11.4 Å². The van der Waals surface area contributed by atoms with Crippen LogP contribution in [0.4, 0.5) is 23.2 Å². The van der Waals surface area contributed by atoms with Gasteiger partial charge >= 0.3 is 6.18 Å². The van der Waals surface area contributed by atoms with Crippen molar-refractivity contribution in [3.63, 3.8) is 0 Å². The Bertz CT molecular complexity index is 1120. The summed E-state index contributed by atoms with van der Waals surface area (Å²) in [5.74, 6) is -2.18. The van der Waals surface area contributed by atoms with E-state index in [0.29, 0.717) is 11.1 Å². The minimum atomic E-state index is -4.52. The van der Waals surface area contributed by atoms with Crippen molar-refractivity contribution in [1.29, 1.82) is 0 Å². The summed E-state index contributed by atoms with van der Waals surface area (Å²) < 4.78 is 53.3. The maximum Gasteiger partial charge on any atom is 0.416 e. The molecule has 168 valence electrons. The average Bonchev–Trinajstić information content (AvgIpc) is 3.27. The number of carbonyl (C=O) groups is 2. The highest BCUT2D eigenvalue weighted by atomic mass is 35.5. The highest BCUT2D eigenvalue weighted by molar-refractivity contribution is 6.30. The Balaban J connectivity index is 1.51. The van der Waals surface area contributed by atoms with Crippen LogP contribution in [-0.4, -0.2) is 35.1 Å². The van der Waals surface area contributed by atoms with E-state index in [1.165, 1.54) is 30.3 Å². The maximum atomic E-state index is 13.5. The molecule has 4 rings (SSSR count). The van der Waals surface area contributed by atoms with E-state index in [1.807, 2.05) is 0 Å². The molecule has 2 aromatic carbocycles. The molecule has 1 amide bonds. The van der Waals surface area contributed by atoms with Crippen LogP contribution in [0.1, 0.15) is 29.5 Å². The van der Waals surface area contributed by atoms with Gasteiger partial charge in [-0.1, -0.05) is 23.7 Å². The van der Waals surface area contributed by atoms with Crippen LogP contribution in [-0.2, 0) is 22.4 Å². The summed E-state index contributed by atoms with van der Waals surface area (Å²) in [6.07, 6.45) is -3.61. The first kappa shape index (κ1) is 22.5. The Morgan fingerprint density at radius 2 is 1.94 bits per heavy atom. The number of Topliss-reactive ketones (excluding diaryl/α,β-unsaturated/α-hetero) is 1. The second-order valence-corrected chi connectivity index (χ2v) is 8.37. The fourth-order valence-electron chi connectivity index (χ4n) is 4.18. The first-order valence-corrected chi connectivity index (χ1v) is 10.3. The molecule has 1 N–H and O–H groups in total. The Labute approximate surface area is 186 Å². The van der Waals surface area contributed by atoms with E-state index in [0.717, 1.165) is 17.0 Å². The summed E-state index contributed by atoms with van der Waals surface area (Å²) in [4.78, 5) is 26.7. The summed E-state index contributed by atoms with van der Waals surface area (Å²) in [6, 6.07) is 8.11. The van der Waals surface area contributed by atoms with Crippen molar-refractivity contribution in [1.82, 2.24) is 0 Å². The van der Waals surface area contributed by atoms with E-state index in [9.17, 15) is 32.3 Å². The minimum Gasteiger partial charge on any atom is -0.373 e. The number of nitrogens with zero attached hydrogens (tertiary/aromatic N) is 1. The normalized spacial score (nSPS) is 20.5. The monoisotopic (exact) mass is 467 g/mol. The van der Waals surface area contributed by atoms with Crippen LogP contribution in [0.5, 0.6) is 0 Å². The topological polar surface area (TPSA) is 57.6 Å². The van der Waals surface area contributed by atoms with Crippen LogP contribution in [0.25, 0.3) is 5.57 Å². The zero-order valence-electron chi connectivity index (χ0n) is 16.7. The van der Waals surface area contributed by atoms with Gasteiger partial charge in [0.15, 0.2) is 5.78 Å². The van der Waals surface area contributed by atoms with E-state index in [1.54, 1.807) is 0 Å². The number of carbonyl (C=O) groups excluding carboxylic acids is 2. The van der Waals surface area contributed by atoms with Gasteiger partial charge in [0.25, 0.3) is 5.91 Å². The highest BCUT2D eigenvalue weighted by Crippen LogP contribution is 2.42. The number of benzene rings is 2. The number of halogens is 5. The molecule has 0 radical (unpaired) electrons. The minimum absolute atomic E-state index is 0.00690. The molecular weight excluding hydrogens is 450 g/mol. The zero-order valence-corrected chi connectivity index (χ0v) is 17.4. The molecule has 4 nitrogen and oxygen atoms in total. The third kappa shape index (κ3) is 4.04. The third-order valence-corrected chi connectivity index (χ3v) is 6.07. The lowest BCUT2D eigenvalue weighted by Crippen LogP contribution is -2.47. The van der Waals surface area contributed by atoms with Crippen LogP contribution in [0.3, 0.4) is 0 Å². The number of aliphatic hydroxyl groups is 1. The molecule has 1 heterocycles. The smallest absolute Gasteiger partial charge is 0.373 e. The Kier molecular flexibility index (Phi) is 5.63. The van der Waals surface area contributed by atoms with Crippen molar-refractivity contribution in [2.24, 2.45) is 0 Å². The molecule has 1 saturated heterocycles. The van der Waals surface area contributed by atoms with Crippen LogP contribution < -0.4 is 4.90 Å². The Morgan fingerprint density at radius 3 is 2.62 bits per heavy atom. The molecule has 0 aromatic heterocycles. The van der Waals surface area contributed by atoms with E-state index in [2.05, 4.69) is 0 Å². The van der Waals surface area contributed by atoms with Gasteiger partial charge in [-0.3, -0.25) is 9.59 Å². The molecule has 0 bridgehead atoms. The molecule has 1 aliphatic carbocycles. The third-order valence-electron chi connectivity index (χ3n) is 5.85. The quantitative estimate of drug-likeness (QED) is 0.514. The summed E-state index contributed by atoms with van der Waals surface area (Å²) in [6.45, 7) is -0.0171. The molecule has 1 atom stereocenters. The number of aryl methyl sites for hydroxylation is 1. The number of rotatable bonds is 5. The molecule has 1 aliphatic heterocycles. The van der Waals surface area contributed by atoms with Gasteiger partial charge < -0.3 is 10.0 Å². The lowest BCUT2D eigenvalue weighted by molar-refractivity contribution is -0.147. The number of ketones is 1. The Morgan fingerprint density at radius 1 is 1.19 bits per heavy atom. The first-order valence-electron chi connectivity index (χ1n) is 9.92. The molecule has 0 saturated carbocycles. The molecule has 2 aliphatic rings. The second kappa shape index (κ2) is 8.01. The second-order valence-electron chi connectivity index (χ2n) is 7.93. The number of fused-ring (bicyclic) bond motifs is 1. The van der Waals surface area contributed by atoms with Crippen LogP contribution in [0.15, 0.2) is 42.5 Å². The largest absolute Gasteiger partial charge is 0.416 e. The summed E-state index contributed by atoms with van der Waals surface area (Å²) in [7, 11) is 0. The van der Waals surface area contributed by atoms with Gasteiger partial charge in [0.05, 0.1) is 5.57 Å². The van der Waals surface area contributed by atoms with Gasteiger partial charge in [-0.15, -0.1) is 0 Å². The summed E-state index contributed by atoms with van der Waals surface area (Å²) in [5.41, 5.74) is -1.93. The highest BCUT2D eigenvalue weighted by Gasteiger charge is 2.51. The SMILES string of the molecule is O=C(CCc1cc(F)cc(Cl)c1)[C@]1(O)CCN(c2ccc3c(c2)C(C(F)(F)F)=CC3)C1=O. The van der Waals surface area contributed by atoms with E-state index >= 15 is 0 Å². The fraction of sp³-hybridized carbons (Fsp3) is 0.304. The zero-order chi connectivity index (χ0) is 23.3. The van der Waals surface area contributed by atoms with Crippen molar-refractivity contribution in [3.8, 4) is 0 Å². The number of amides is 1. The number of alkyl halides is 3. The molecule has 0 unspecified atom stereocenters. The average molecular weight is 468 g/mol. The number of anilines is 1. The Hall–Kier alpha value is -2.71.